The Labute approximate surface area is 799 Å². The molecule has 20 nitrogen and oxygen atoms in total. The molecule has 0 amide bonds. The number of aliphatic hydroxyl groups is 2. The van der Waals surface area contributed by atoms with Gasteiger partial charge in [0.25, 0.3) is 0 Å². The maximum atomic E-state index is 14.5. The Balaban J connectivity index is 0.677. The molecule has 17 aliphatic rings. The van der Waals surface area contributed by atoms with E-state index in [0.717, 1.165) is 73.0 Å². The van der Waals surface area contributed by atoms with Crippen LogP contribution in [0.2, 0.25) is 0 Å². The van der Waals surface area contributed by atoms with Gasteiger partial charge in [0.05, 0.1) is 98.5 Å². The second-order valence-corrected chi connectivity index (χ2v) is 43.5. The van der Waals surface area contributed by atoms with E-state index in [0.29, 0.717) is 91.9 Å². The van der Waals surface area contributed by atoms with Crippen molar-refractivity contribution in [3.63, 3.8) is 0 Å². The van der Waals surface area contributed by atoms with Gasteiger partial charge < -0.3 is 78.0 Å². The Bertz CT molecular complexity index is 4940. The van der Waals surface area contributed by atoms with Crippen molar-refractivity contribution in [1.29, 1.82) is 0 Å². The van der Waals surface area contributed by atoms with Crippen LogP contribution in [0.1, 0.15) is 325 Å². The van der Waals surface area contributed by atoms with Crippen LogP contribution in [0.4, 0.5) is 0 Å². The summed E-state index contributed by atoms with van der Waals surface area (Å²) in [5, 5.41) is 77.2. The highest BCUT2D eigenvalue weighted by Gasteiger charge is 2.62. The fourth-order valence-corrected chi connectivity index (χ4v) is 31.8. The number of hydrogen-bond donors (Lipinski definition) is 6. The van der Waals surface area contributed by atoms with E-state index in [1.165, 1.54) is 167 Å². The molecule has 16 saturated carbocycles. The van der Waals surface area contributed by atoms with Crippen LogP contribution < -0.4 is 9.47 Å². The highest BCUT2D eigenvalue weighted by molar-refractivity contribution is 5.91. The number of phenolic OH excluding ortho intramolecular Hbond substituents is 4. The van der Waals surface area contributed by atoms with Crippen LogP contribution in [0.15, 0.2) is 146 Å². The van der Waals surface area contributed by atoms with E-state index in [-0.39, 0.29) is 165 Å². The van der Waals surface area contributed by atoms with E-state index in [9.17, 15) is 49.8 Å². The van der Waals surface area contributed by atoms with E-state index in [4.69, 9.17) is 47.4 Å². The third-order valence-corrected chi connectivity index (χ3v) is 37.1. The largest absolute Gasteiger partial charge is 0.508 e. The smallest absolute Gasteiger partial charge is 0.338 e. The fraction of sp³-hybridized carbons (Fsp3) is 0.552. The first-order valence-corrected chi connectivity index (χ1v) is 51.5. The van der Waals surface area contributed by atoms with Gasteiger partial charge in [-0.15, -0.1) is 0 Å². The molecule has 0 spiro atoms. The van der Waals surface area contributed by atoms with E-state index in [2.05, 4.69) is 27.7 Å². The molecule has 20 heteroatoms. The second-order valence-electron chi connectivity index (χ2n) is 43.5. The molecule has 24 bridgehead atoms. The summed E-state index contributed by atoms with van der Waals surface area (Å²) in [4.78, 5) is 58.1. The summed E-state index contributed by atoms with van der Waals surface area (Å²) in [5.74, 6) is 2.64. The van der Waals surface area contributed by atoms with Crippen molar-refractivity contribution in [2.45, 2.75) is 241 Å². The van der Waals surface area contributed by atoms with Gasteiger partial charge >= 0.3 is 23.9 Å². The summed E-state index contributed by atoms with van der Waals surface area (Å²) < 4.78 is 64.8. The first-order chi connectivity index (χ1) is 66.1. The molecule has 17 aliphatic carbocycles. The number of methoxy groups -OCH3 is 2. The van der Waals surface area contributed by atoms with Gasteiger partial charge in [-0.3, -0.25) is 0 Å². The Morgan fingerprint density at radius 1 is 0.265 bits per heavy atom. The first-order valence-electron chi connectivity index (χ1n) is 51.5. The lowest BCUT2D eigenvalue weighted by atomic mass is 9.49. The van der Waals surface area contributed by atoms with Crippen molar-refractivity contribution < 1.29 is 97.2 Å². The van der Waals surface area contributed by atoms with Gasteiger partial charge in [-0.25, -0.2) is 19.2 Å². The number of carbonyl (C=O) groups excluding carboxylic acids is 4. The van der Waals surface area contributed by atoms with Gasteiger partial charge in [0.1, 0.15) is 60.9 Å². The number of phenols is 4. The summed E-state index contributed by atoms with van der Waals surface area (Å²) >= 11 is 0. The SMILES string of the molecule is CCC1(OCCOC(=O)c2ccc(C3c4cc(c(OC)cc4O)C(c4ccc(C(=O)OCCOC5(CC)C6CC7CC(C6)CC5C7)cc4)c4cc(c(OC)cc4O)C(c4ccc(C(=O)OCCOC5(CC)C6CC7CC(C6)CC5C7)cc4)c4cc(c(CO)cc4O)C(c4ccc(C(=O)OCCOC5(CC)C6CC7CC(C6)CC5C7)cc4)c4cc3c(CO)cc4O)cc2)C2CC3CC(C2)CC1C3. The minimum Gasteiger partial charge on any atom is -0.508 e. The summed E-state index contributed by atoms with van der Waals surface area (Å²) in [7, 11) is 2.97. The van der Waals surface area contributed by atoms with Gasteiger partial charge in [-0.1, -0.05) is 76.2 Å². The van der Waals surface area contributed by atoms with Crippen molar-refractivity contribution in [2.24, 2.45) is 94.7 Å². The minimum absolute atomic E-state index is 0.0391. The molecule has 0 radical (unpaired) electrons. The monoisotopic (exact) mass is 1850 g/mol. The van der Waals surface area contributed by atoms with Gasteiger partial charge in [0, 0.05) is 69.2 Å². The molecule has 6 N–H and O–H groups in total. The number of ether oxygens (including phenoxy) is 10. The summed E-state index contributed by atoms with van der Waals surface area (Å²) in [5.41, 5.74) is 5.15. The average Bonchev–Trinajstić information content (AvgIpc) is 0.726. The van der Waals surface area contributed by atoms with Crippen LogP contribution in [0.5, 0.6) is 34.5 Å². The van der Waals surface area contributed by atoms with Crippen LogP contribution in [0.3, 0.4) is 0 Å². The molecule has 4 unspecified atom stereocenters. The third-order valence-electron chi connectivity index (χ3n) is 37.1. The lowest BCUT2D eigenvalue weighted by Crippen LogP contribution is -2.59. The maximum Gasteiger partial charge on any atom is 0.338 e. The number of hydrogen-bond acceptors (Lipinski definition) is 20. The Morgan fingerprint density at radius 2 is 0.463 bits per heavy atom. The van der Waals surface area contributed by atoms with E-state index < -0.39 is 60.8 Å². The molecule has 8 aromatic rings. The van der Waals surface area contributed by atoms with Crippen molar-refractivity contribution in [2.75, 3.05) is 67.1 Å². The van der Waals surface area contributed by atoms with Gasteiger partial charge in [-0.05, 0) is 378 Å². The number of benzene rings is 8. The molecule has 0 aromatic heterocycles. The third kappa shape index (κ3) is 16.5. The number of fused-ring (bicyclic) bond motifs is 8. The quantitative estimate of drug-likeness (QED) is 0.0130. The zero-order valence-electron chi connectivity index (χ0n) is 79.8. The van der Waals surface area contributed by atoms with Crippen LogP contribution in [0.25, 0.3) is 0 Å². The zero-order valence-corrected chi connectivity index (χ0v) is 79.8. The molecule has 720 valence electrons. The molecule has 136 heavy (non-hydrogen) atoms. The van der Waals surface area contributed by atoms with E-state index in [1.54, 1.807) is 121 Å². The lowest BCUT2D eigenvalue weighted by molar-refractivity contribution is -0.208. The standard InChI is InChI=1S/C116H136O20/c1-7-113(83-39-65-35-66(41-83)42-84(113)40-65)133-31-27-129-109(123)77-19-11-73(12-20-77)105-92-58-94(100(120)56-82(92)64-118)107(75-15-23-79(24-16-75)111(125)131-29-33-135-115(9-3)87-47-69-37-70(49-87)50-88(115)48-69)98-60-96(102(122)62-104(98)128-6)108(76-17-25-80(26-18-76)112(126)132-30-34-136-116(10-4)89-51-71-38-72(53-89)54-90(116)52-71)97-59-95(101(121)61-103(97)127-5)106(91-57-93(105)99(119)55-81(91)63-117)74-13-21-78(22-14-74)110(124)130-28-32-134-114(8-2)85-43-67-36-68(45-85)46-86(114)44-67/h11-26,55-62,65-72,83-90,105-108,117-122H,7-10,27-54,63-64H2,1-6H3. The van der Waals surface area contributed by atoms with Crippen molar-refractivity contribution >= 4 is 23.9 Å². The Hall–Kier alpha value is -9.80. The van der Waals surface area contributed by atoms with Crippen LogP contribution in [-0.2, 0) is 51.1 Å². The molecule has 0 heterocycles. The Morgan fingerprint density at radius 3 is 0.662 bits per heavy atom. The number of aromatic hydroxyl groups is 4. The highest BCUT2D eigenvalue weighted by atomic mass is 16.6. The molecule has 16 fully saturated rings. The second kappa shape index (κ2) is 37.7. The van der Waals surface area contributed by atoms with Crippen LogP contribution in [0, 0.1) is 94.7 Å². The maximum absolute atomic E-state index is 14.5. The molecule has 0 saturated heterocycles. The Kier molecular flexibility index (Phi) is 25.7. The lowest BCUT2D eigenvalue weighted by Gasteiger charge is -2.60. The minimum atomic E-state index is -1.12. The first kappa shape index (κ1) is 92.5. The van der Waals surface area contributed by atoms with Crippen molar-refractivity contribution in [3.05, 3.63) is 246 Å². The average molecular weight is 1850 g/mol. The molecular formula is C116H136O20. The van der Waals surface area contributed by atoms with Crippen molar-refractivity contribution in [3.8, 4) is 34.5 Å². The van der Waals surface area contributed by atoms with Gasteiger partial charge in [-0.2, -0.15) is 0 Å². The predicted octanol–water partition coefficient (Wildman–Crippen LogP) is 21.7. The van der Waals surface area contributed by atoms with E-state index >= 15 is 0 Å². The molecule has 4 atom stereocenters. The number of aliphatic hydroxyl groups excluding tert-OH is 2. The number of rotatable bonds is 32. The normalized spacial score (nSPS) is 32.4. The van der Waals surface area contributed by atoms with Crippen molar-refractivity contribution in [1.82, 2.24) is 0 Å². The summed E-state index contributed by atoms with van der Waals surface area (Å²) in [6.45, 7) is 8.82. The molecule has 8 aromatic carbocycles. The van der Waals surface area contributed by atoms with Gasteiger partial charge in [0.2, 0.25) is 0 Å². The number of carbonyl (C=O) groups is 4. The fourth-order valence-electron chi connectivity index (χ4n) is 31.8. The van der Waals surface area contributed by atoms with Crippen LogP contribution >= 0.6 is 0 Å². The van der Waals surface area contributed by atoms with Crippen LogP contribution in [-0.4, -0.2) is 144 Å². The van der Waals surface area contributed by atoms with E-state index in [1.807, 2.05) is 0 Å². The summed E-state index contributed by atoms with van der Waals surface area (Å²) in [6.07, 6.45) is 27.8. The highest BCUT2D eigenvalue weighted by Crippen LogP contribution is 2.66. The predicted molar refractivity (Wildman–Crippen MR) is 512 cm³/mol. The van der Waals surface area contributed by atoms with Gasteiger partial charge in [0.15, 0.2) is 0 Å². The summed E-state index contributed by atoms with van der Waals surface area (Å²) in [6, 6.07) is 40.8. The topological polar surface area (TPSA) is 282 Å². The zero-order chi connectivity index (χ0) is 93.8. The molecule has 0 aliphatic heterocycles. The number of esters is 4. The molecule has 25 rings (SSSR count). The molecular weight excluding hydrogens is 1710 g/mol.